The molecule has 7 heteroatoms. The van der Waals surface area contributed by atoms with Gasteiger partial charge in [0.05, 0.1) is 6.61 Å². The molecule has 1 rings (SSSR count). The van der Waals surface area contributed by atoms with Crippen LogP contribution in [0.25, 0.3) is 0 Å². The second-order valence-electron chi connectivity index (χ2n) is 7.14. The van der Waals surface area contributed by atoms with Crippen LogP contribution in [0.15, 0.2) is 11.6 Å². The van der Waals surface area contributed by atoms with Crippen LogP contribution in [0.1, 0.15) is 20.8 Å². The van der Waals surface area contributed by atoms with Crippen molar-refractivity contribution in [2.24, 2.45) is 0 Å². The quantitative estimate of drug-likeness (QED) is 0.472. The minimum Gasteiger partial charge on any atom is -0.412 e. The SMILES string of the molecule is COCO[C@H]1C=C(CO[Si](C)(C)C(C)(C)C)C(=O)[C@@H]1OCOC. The van der Waals surface area contributed by atoms with Crippen LogP contribution in [-0.2, 0) is 28.2 Å². The maximum Gasteiger partial charge on any atom is 0.192 e. The molecule has 0 aromatic rings. The van der Waals surface area contributed by atoms with Gasteiger partial charge >= 0.3 is 0 Å². The Labute approximate surface area is 140 Å². The summed E-state index contributed by atoms with van der Waals surface area (Å²) in [6.45, 7) is 11.2. The van der Waals surface area contributed by atoms with Crippen molar-refractivity contribution in [3.05, 3.63) is 11.6 Å². The highest BCUT2D eigenvalue weighted by Crippen LogP contribution is 2.37. The first kappa shape index (κ1) is 20.5. The molecule has 0 unspecified atom stereocenters. The van der Waals surface area contributed by atoms with Crippen molar-refractivity contribution in [2.75, 3.05) is 34.4 Å². The molecule has 0 aliphatic heterocycles. The van der Waals surface area contributed by atoms with Gasteiger partial charge in [0.25, 0.3) is 0 Å². The van der Waals surface area contributed by atoms with Crippen molar-refractivity contribution in [1.82, 2.24) is 0 Å². The summed E-state index contributed by atoms with van der Waals surface area (Å²) in [4.78, 5) is 12.5. The van der Waals surface area contributed by atoms with E-state index in [9.17, 15) is 4.79 Å². The normalized spacial score (nSPS) is 22.6. The third kappa shape index (κ3) is 5.48. The predicted octanol–water partition coefficient (Wildman–Crippen LogP) is 2.50. The Morgan fingerprint density at radius 2 is 1.65 bits per heavy atom. The molecular weight excluding hydrogens is 316 g/mol. The molecule has 0 bridgehead atoms. The second kappa shape index (κ2) is 8.50. The van der Waals surface area contributed by atoms with Gasteiger partial charge in [0.15, 0.2) is 20.2 Å². The largest absolute Gasteiger partial charge is 0.412 e. The molecule has 0 amide bonds. The Hall–Kier alpha value is -0.573. The van der Waals surface area contributed by atoms with Crippen molar-refractivity contribution >= 4 is 14.1 Å². The summed E-state index contributed by atoms with van der Waals surface area (Å²) in [5.41, 5.74) is 0.594. The van der Waals surface area contributed by atoms with E-state index < -0.39 is 20.5 Å². The first-order valence-corrected chi connectivity index (χ1v) is 10.6. The smallest absolute Gasteiger partial charge is 0.192 e. The molecule has 0 radical (unpaired) electrons. The van der Waals surface area contributed by atoms with Crippen molar-refractivity contribution in [3.8, 4) is 0 Å². The van der Waals surface area contributed by atoms with Crippen LogP contribution >= 0.6 is 0 Å². The Balaban J connectivity index is 2.75. The highest BCUT2D eigenvalue weighted by molar-refractivity contribution is 6.74. The molecule has 0 fully saturated rings. The van der Waals surface area contributed by atoms with E-state index in [1.54, 1.807) is 6.08 Å². The van der Waals surface area contributed by atoms with Gasteiger partial charge in [0, 0.05) is 19.8 Å². The van der Waals surface area contributed by atoms with Crippen molar-refractivity contribution in [3.63, 3.8) is 0 Å². The number of ketones is 1. The first-order valence-electron chi connectivity index (χ1n) is 7.74. The monoisotopic (exact) mass is 346 g/mol. The molecule has 0 heterocycles. The molecule has 0 N–H and O–H groups in total. The third-order valence-corrected chi connectivity index (χ3v) is 8.86. The van der Waals surface area contributed by atoms with E-state index in [1.807, 2.05) is 0 Å². The van der Waals surface area contributed by atoms with Gasteiger partial charge in [0.1, 0.15) is 19.7 Å². The fraction of sp³-hybridized carbons (Fsp3) is 0.812. The highest BCUT2D eigenvalue weighted by atomic mass is 28.4. The van der Waals surface area contributed by atoms with Crippen LogP contribution in [0.5, 0.6) is 0 Å². The van der Waals surface area contributed by atoms with Crippen LogP contribution in [0.4, 0.5) is 0 Å². The first-order chi connectivity index (χ1) is 10.6. The van der Waals surface area contributed by atoms with E-state index in [1.165, 1.54) is 14.2 Å². The van der Waals surface area contributed by atoms with E-state index in [2.05, 4.69) is 33.9 Å². The summed E-state index contributed by atoms with van der Waals surface area (Å²) in [6.07, 6.45) is 0.591. The number of rotatable bonds is 9. The van der Waals surface area contributed by atoms with Crippen LogP contribution in [-0.4, -0.2) is 60.7 Å². The number of carbonyl (C=O) groups excluding carboxylic acids is 1. The molecule has 1 aliphatic carbocycles. The average molecular weight is 346 g/mol. The molecule has 134 valence electrons. The number of hydrogen-bond donors (Lipinski definition) is 0. The summed E-state index contributed by atoms with van der Waals surface area (Å²) >= 11 is 0. The number of methoxy groups -OCH3 is 2. The maximum absolute atomic E-state index is 12.5. The van der Waals surface area contributed by atoms with E-state index >= 15 is 0 Å². The number of Topliss-reactive ketones (excluding diaryl/α,β-unsaturated/α-hetero) is 1. The Morgan fingerprint density at radius 1 is 1.09 bits per heavy atom. The molecular formula is C16H30O6Si. The summed E-state index contributed by atoms with van der Waals surface area (Å²) in [7, 11) is 1.13. The molecule has 2 atom stereocenters. The van der Waals surface area contributed by atoms with Gasteiger partial charge < -0.3 is 23.4 Å². The standard InChI is InChI=1S/C16H30O6Si/c1-16(2,3)23(6,7)22-9-12-8-13(20-10-18-4)15(14(12)17)21-11-19-5/h8,13,15H,9-11H2,1-7H3/t13-,15+/m0/s1. The minimum absolute atomic E-state index is 0.0352. The highest BCUT2D eigenvalue weighted by Gasteiger charge is 2.41. The van der Waals surface area contributed by atoms with Crippen molar-refractivity contribution < 1.29 is 28.2 Å². The van der Waals surface area contributed by atoms with E-state index in [4.69, 9.17) is 23.4 Å². The van der Waals surface area contributed by atoms with Gasteiger partial charge in [-0.15, -0.1) is 0 Å². The molecule has 6 nitrogen and oxygen atoms in total. The molecule has 0 aromatic carbocycles. The van der Waals surface area contributed by atoms with Gasteiger partial charge in [-0.3, -0.25) is 4.79 Å². The fourth-order valence-electron chi connectivity index (χ4n) is 1.89. The predicted molar refractivity (Wildman–Crippen MR) is 89.7 cm³/mol. The lowest BCUT2D eigenvalue weighted by atomic mass is 10.2. The molecule has 0 saturated carbocycles. The van der Waals surface area contributed by atoms with Crippen molar-refractivity contribution in [2.45, 2.75) is 51.1 Å². The van der Waals surface area contributed by atoms with Gasteiger partial charge in [-0.2, -0.15) is 0 Å². The summed E-state index contributed by atoms with van der Waals surface area (Å²) in [5.74, 6) is -0.109. The lowest BCUT2D eigenvalue weighted by molar-refractivity contribution is -0.156. The summed E-state index contributed by atoms with van der Waals surface area (Å²) in [6, 6.07) is 0. The average Bonchev–Trinajstić information content (AvgIpc) is 2.75. The van der Waals surface area contributed by atoms with E-state index in [0.717, 1.165) is 0 Å². The topological polar surface area (TPSA) is 63.2 Å². The fourth-order valence-corrected chi connectivity index (χ4v) is 2.84. The third-order valence-electron chi connectivity index (χ3n) is 4.38. The molecule has 0 spiro atoms. The zero-order valence-corrected chi connectivity index (χ0v) is 16.3. The number of ether oxygens (including phenoxy) is 4. The number of hydrogen-bond acceptors (Lipinski definition) is 6. The molecule has 0 aromatic heterocycles. The Bertz CT molecular complexity index is 427. The molecule has 0 saturated heterocycles. The zero-order valence-electron chi connectivity index (χ0n) is 15.3. The lowest BCUT2D eigenvalue weighted by Crippen LogP contribution is -2.41. The number of carbonyl (C=O) groups is 1. The lowest BCUT2D eigenvalue weighted by Gasteiger charge is -2.36. The zero-order chi connectivity index (χ0) is 17.7. The van der Waals surface area contributed by atoms with Crippen LogP contribution in [0.2, 0.25) is 18.1 Å². The second-order valence-corrected chi connectivity index (χ2v) is 11.9. The van der Waals surface area contributed by atoms with Gasteiger partial charge in [-0.25, -0.2) is 0 Å². The molecule has 23 heavy (non-hydrogen) atoms. The van der Waals surface area contributed by atoms with Crippen LogP contribution < -0.4 is 0 Å². The summed E-state index contributed by atoms with van der Waals surface area (Å²) < 4.78 is 26.9. The Morgan fingerprint density at radius 3 is 2.17 bits per heavy atom. The minimum atomic E-state index is -1.92. The Kier molecular flexibility index (Phi) is 7.57. The van der Waals surface area contributed by atoms with Crippen molar-refractivity contribution in [1.29, 1.82) is 0 Å². The van der Waals surface area contributed by atoms with Crippen LogP contribution in [0.3, 0.4) is 0 Å². The van der Waals surface area contributed by atoms with Gasteiger partial charge in [0.2, 0.25) is 0 Å². The van der Waals surface area contributed by atoms with Crippen LogP contribution in [0, 0.1) is 0 Å². The van der Waals surface area contributed by atoms with Gasteiger partial charge in [-0.1, -0.05) is 20.8 Å². The maximum atomic E-state index is 12.5. The molecule has 1 aliphatic rings. The van der Waals surface area contributed by atoms with Gasteiger partial charge in [-0.05, 0) is 24.2 Å². The summed E-state index contributed by atoms with van der Waals surface area (Å²) in [5, 5.41) is 0.0904. The van der Waals surface area contributed by atoms with E-state index in [-0.39, 0.29) is 31.0 Å². The van der Waals surface area contributed by atoms with E-state index in [0.29, 0.717) is 5.57 Å².